The van der Waals surface area contributed by atoms with Gasteiger partial charge in [0.15, 0.2) is 5.82 Å². The van der Waals surface area contributed by atoms with Crippen LogP contribution in [0, 0.1) is 13.8 Å². The van der Waals surface area contributed by atoms with E-state index in [1.54, 1.807) is 14.2 Å². The Bertz CT molecular complexity index is 1130. The number of methoxy groups -OCH3 is 2. The zero-order chi connectivity index (χ0) is 23.4. The fraction of sp³-hybridized carbons (Fsp3) is 0.320. The molecule has 1 aromatic heterocycles. The van der Waals surface area contributed by atoms with Crippen LogP contribution < -0.4 is 19.7 Å². The van der Waals surface area contributed by atoms with E-state index < -0.39 is 0 Å². The van der Waals surface area contributed by atoms with Crippen LogP contribution in [0.15, 0.2) is 48.5 Å². The van der Waals surface area contributed by atoms with Crippen LogP contribution in [0.4, 0.5) is 16.3 Å². The number of aryl methyl sites for hydroxylation is 1. The van der Waals surface area contributed by atoms with Crippen molar-refractivity contribution in [2.24, 2.45) is 0 Å². The summed E-state index contributed by atoms with van der Waals surface area (Å²) >= 11 is 0. The maximum atomic E-state index is 12.7. The highest BCUT2D eigenvalue weighted by atomic mass is 16.5. The Balaban J connectivity index is 1.39. The molecule has 1 aliphatic rings. The summed E-state index contributed by atoms with van der Waals surface area (Å²) in [4.78, 5) is 16.7. The number of ether oxygens (including phenoxy) is 2. The molecule has 0 aliphatic carbocycles. The Morgan fingerprint density at radius 1 is 0.939 bits per heavy atom. The molecule has 8 heteroatoms. The normalized spacial score (nSPS) is 13.6. The lowest BCUT2D eigenvalue weighted by Gasteiger charge is -2.35. The van der Waals surface area contributed by atoms with E-state index in [4.69, 9.17) is 9.47 Å². The quantitative estimate of drug-likeness (QED) is 0.634. The first-order chi connectivity index (χ1) is 16.0. The van der Waals surface area contributed by atoms with Gasteiger partial charge in [0.2, 0.25) is 0 Å². The molecular formula is C25H29N5O3. The molecule has 1 aliphatic heterocycles. The molecule has 1 saturated heterocycles. The van der Waals surface area contributed by atoms with Crippen LogP contribution >= 0.6 is 0 Å². The SMILES string of the molecule is COc1ccc(OC)c(-c2ccc(N3CCN(C(=O)Nc4cccc(C)c4C)CC3)nn2)c1. The van der Waals surface area contributed by atoms with Crippen molar-refractivity contribution in [2.75, 3.05) is 50.6 Å². The summed E-state index contributed by atoms with van der Waals surface area (Å²) in [5.41, 5.74) is 4.64. The second-order valence-electron chi connectivity index (χ2n) is 7.99. The van der Waals surface area contributed by atoms with Crippen LogP contribution in [0.25, 0.3) is 11.3 Å². The first kappa shape index (κ1) is 22.4. The number of piperazine rings is 1. The summed E-state index contributed by atoms with van der Waals surface area (Å²) in [7, 11) is 3.26. The molecule has 1 fully saturated rings. The van der Waals surface area contributed by atoms with Gasteiger partial charge in [0.25, 0.3) is 0 Å². The number of nitrogens with zero attached hydrogens (tertiary/aromatic N) is 4. The lowest BCUT2D eigenvalue weighted by molar-refractivity contribution is 0.208. The summed E-state index contributed by atoms with van der Waals surface area (Å²) < 4.78 is 10.8. The van der Waals surface area contributed by atoms with Gasteiger partial charge < -0.3 is 24.6 Å². The van der Waals surface area contributed by atoms with E-state index in [0.29, 0.717) is 37.6 Å². The zero-order valence-electron chi connectivity index (χ0n) is 19.5. The van der Waals surface area contributed by atoms with E-state index in [9.17, 15) is 4.79 Å². The van der Waals surface area contributed by atoms with Crippen molar-refractivity contribution < 1.29 is 14.3 Å². The van der Waals surface area contributed by atoms with E-state index in [-0.39, 0.29) is 6.03 Å². The van der Waals surface area contributed by atoms with Gasteiger partial charge in [0, 0.05) is 37.4 Å². The number of aromatic nitrogens is 2. The van der Waals surface area contributed by atoms with Gasteiger partial charge in [0.1, 0.15) is 11.5 Å². The van der Waals surface area contributed by atoms with Gasteiger partial charge in [-0.15, -0.1) is 10.2 Å². The highest BCUT2D eigenvalue weighted by Gasteiger charge is 2.23. The molecule has 172 valence electrons. The minimum atomic E-state index is -0.0742. The van der Waals surface area contributed by atoms with Crippen LogP contribution in [0.5, 0.6) is 11.5 Å². The van der Waals surface area contributed by atoms with Crippen molar-refractivity contribution in [3.8, 4) is 22.8 Å². The first-order valence-electron chi connectivity index (χ1n) is 10.9. The molecule has 0 atom stereocenters. The van der Waals surface area contributed by atoms with E-state index in [1.165, 1.54) is 0 Å². The van der Waals surface area contributed by atoms with Crippen molar-refractivity contribution in [3.05, 3.63) is 59.7 Å². The summed E-state index contributed by atoms with van der Waals surface area (Å²) in [6, 6.07) is 15.3. The Morgan fingerprint density at radius 3 is 2.39 bits per heavy atom. The summed E-state index contributed by atoms with van der Waals surface area (Å²) in [6.07, 6.45) is 0. The molecule has 0 bridgehead atoms. The number of nitrogens with one attached hydrogen (secondary N) is 1. The van der Waals surface area contributed by atoms with Crippen molar-refractivity contribution >= 4 is 17.5 Å². The average molecular weight is 448 g/mol. The zero-order valence-corrected chi connectivity index (χ0v) is 19.5. The highest BCUT2D eigenvalue weighted by molar-refractivity contribution is 5.90. The fourth-order valence-electron chi connectivity index (χ4n) is 3.87. The maximum absolute atomic E-state index is 12.7. The topological polar surface area (TPSA) is 79.8 Å². The van der Waals surface area contributed by atoms with E-state index in [0.717, 1.165) is 33.9 Å². The molecule has 0 spiro atoms. The predicted octanol–water partition coefficient (Wildman–Crippen LogP) is 4.13. The summed E-state index contributed by atoms with van der Waals surface area (Å²) in [5, 5.41) is 11.9. The highest BCUT2D eigenvalue weighted by Crippen LogP contribution is 2.32. The minimum absolute atomic E-state index is 0.0742. The molecule has 1 N–H and O–H groups in total. The number of carbonyl (C=O) groups is 1. The number of urea groups is 1. The fourth-order valence-corrected chi connectivity index (χ4v) is 3.87. The second kappa shape index (κ2) is 9.77. The van der Waals surface area contributed by atoms with Crippen molar-refractivity contribution in [1.29, 1.82) is 0 Å². The molecular weight excluding hydrogens is 418 g/mol. The van der Waals surface area contributed by atoms with Gasteiger partial charge in [-0.1, -0.05) is 12.1 Å². The van der Waals surface area contributed by atoms with E-state index >= 15 is 0 Å². The summed E-state index contributed by atoms with van der Waals surface area (Å²) in [6.45, 7) is 6.67. The monoisotopic (exact) mass is 447 g/mol. The Kier molecular flexibility index (Phi) is 6.63. The smallest absolute Gasteiger partial charge is 0.321 e. The number of rotatable bonds is 5. The molecule has 8 nitrogen and oxygen atoms in total. The Hall–Kier alpha value is -3.81. The van der Waals surface area contributed by atoms with Crippen LogP contribution in [-0.4, -0.2) is 61.5 Å². The number of hydrogen-bond acceptors (Lipinski definition) is 6. The van der Waals surface area contributed by atoms with Crippen LogP contribution in [-0.2, 0) is 0 Å². The third-order valence-corrected chi connectivity index (χ3v) is 6.07. The van der Waals surface area contributed by atoms with Crippen molar-refractivity contribution in [2.45, 2.75) is 13.8 Å². The third kappa shape index (κ3) is 4.84. The standard InChI is InChI=1S/C25H29N5O3/c1-17-6-5-7-21(18(17)2)26-25(31)30-14-12-29(13-15-30)24-11-9-22(27-28-24)20-16-19(32-3)8-10-23(20)33-4/h5-11,16H,12-15H2,1-4H3,(H,26,31). The number of benzene rings is 2. The van der Waals surface area contributed by atoms with Gasteiger partial charge in [-0.05, 0) is 61.4 Å². The lowest BCUT2D eigenvalue weighted by atomic mass is 10.1. The molecule has 2 aromatic carbocycles. The number of carbonyl (C=O) groups excluding carboxylic acids is 1. The van der Waals surface area contributed by atoms with Crippen LogP contribution in [0.2, 0.25) is 0 Å². The van der Waals surface area contributed by atoms with Gasteiger partial charge >= 0.3 is 6.03 Å². The second-order valence-corrected chi connectivity index (χ2v) is 7.99. The van der Waals surface area contributed by atoms with E-state index in [1.807, 2.05) is 67.3 Å². The number of hydrogen-bond donors (Lipinski definition) is 1. The largest absolute Gasteiger partial charge is 0.497 e. The number of anilines is 2. The van der Waals surface area contributed by atoms with Gasteiger partial charge in [-0.2, -0.15) is 0 Å². The average Bonchev–Trinajstić information content (AvgIpc) is 2.86. The Labute approximate surface area is 194 Å². The molecule has 4 rings (SSSR count). The molecule has 0 unspecified atom stereocenters. The number of amides is 2. The maximum Gasteiger partial charge on any atom is 0.321 e. The Morgan fingerprint density at radius 2 is 1.73 bits per heavy atom. The van der Waals surface area contributed by atoms with Crippen LogP contribution in [0.1, 0.15) is 11.1 Å². The molecule has 3 aromatic rings. The van der Waals surface area contributed by atoms with E-state index in [2.05, 4.69) is 20.4 Å². The van der Waals surface area contributed by atoms with Crippen molar-refractivity contribution in [1.82, 2.24) is 15.1 Å². The van der Waals surface area contributed by atoms with Gasteiger partial charge in [-0.25, -0.2) is 4.79 Å². The summed E-state index contributed by atoms with van der Waals surface area (Å²) in [5.74, 6) is 2.23. The van der Waals surface area contributed by atoms with Gasteiger partial charge in [-0.3, -0.25) is 0 Å². The molecule has 2 amide bonds. The molecule has 2 heterocycles. The predicted molar refractivity (Wildman–Crippen MR) is 129 cm³/mol. The first-order valence-corrected chi connectivity index (χ1v) is 10.9. The minimum Gasteiger partial charge on any atom is -0.497 e. The molecule has 33 heavy (non-hydrogen) atoms. The lowest BCUT2D eigenvalue weighted by Crippen LogP contribution is -2.50. The molecule has 0 radical (unpaired) electrons. The van der Waals surface area contributed by atoms with Gasteiger partial charge in [0.05, 0.1) is 19.9 Å². The van der Waals surface area contributed by atoms with Crippen LogP contribution in [0.3, 0.4) is 0 Å². The van der Waals surface area contributed by atoms with Crippen molar-refractivity contribution in [3.63, 3.8) is 0 Å². The molecule has 0 saturated carbocycles. The third-order valence-electron chi connectivity index (χ3n) is 6.07.